The maximum atomic E-state index is 10.3. The van der Waals surface area contributed by atoms with Crippen molar-refractivity contribution in [2.45, 2.75) is 31.0 Å². The van der Waals surface area contributed by atoms with Crippen LogP contribution in [0.4, 0.5) is 5.82 Å². The highest BCUT2D eigenvalue weighted by molar-refractivity contribution is 14.1. The average molecular weight is 552 g/mol. The van der Waals surface area contributed by atoms with E-state index in [2.05, 4.69) is 48.6 Å². The topological polar surface area (TPSA) is 165 Å². The average Bonchev–Trinajstić information content (AvgIpc) is 3.45. The van der Waals surface area contributed by atoms with E-state index in [0.29, 0.717) is 24.2 Å². The van der Waals surface area contributed by atoms with Crippen molar-refractivity contribution in [3.05, 3.63) is 39.9 Å². The first-order valence-electron chi connectivity index (χ1n) is 9.97. The Bertz CT molecular complexity index is 1280. The lowest BCUT2D eigenvalue weighted by Crippen LogP contribution is -2.33. The van der Waals surface area contributed by atoms with Crippen LogP contribution in [0.3, 0.4) is 0 Å². The molecule has 32 heavy (non-hydrogen) atoms. The molecule has 4 heterocycles. The van der Waals surface area contributed by atoms with Crippen LogP contribution >= 0.6 is 22.6 Å². The monoisotopic (exact) mass is 552 g/mol. The van der Waals surface area contributed by atoms with Crippen LogP contribution in [0.2, 0.25) is 0 Å². The lowest BCUT2D eigenvalue weighted by Gasteiger charge is -2.16. The van der Waals surface area contributed by atoms with Crippen LogP contribution in [-0.4, -0.2) is 71.3 Å². The number of nitrogen functional groups attached to an aromatic ring is 1. The highest BCUT2D eigenvalue weighted by Crippen LogP contribution is 2.32. The Labute approximate surface area is 195 Å². The Kier molecular flexibility index (Phi) is 5.63. The Hall–Kier alpha value is -2.52. The summed E-state index contributed by atoms with van der Waals surface area (Å²) in [6.45, 7) is -0.106. The first-order valence-corrected chi connectivity index (χ1v) is 11.0. The van der Waals surface area contributed by atoms with E-state index in [4.69, 9.17) is 15.2 Å². The fourth-order valence-corrected chi connectivity index (χ4v) is 4.38. The van der Waals surface area contributed by atoms with E-state index in [0.717, 1.165) is 20.0 Å². The molecule has 4 atom stereocenters. The first kappa shape index (κ1) is 21.3. The Balaban J connectivity index is 1.37. The number of halogens is 1. The lowest BCUT2D eigenvalue weighted by molar-refractivity contribution is -0.0511. The molecule has 12 heteroatoms. The summed E-state index contributed by atoms with van der Waals surface area (Å²) in [4.78, 5) is 16.0. The van der Waals surface area contributed by atoms with Crippen LogP contribution in [0, 0.1) is 3.57 Å². The number of aromatic nitrogens is 5. The molecule has 6 N–H and O–H groups in total. The van der Waals surface area contributed by atoms with Gasteiger partial charge in [-0.25, -0.2) is 4.98 Å². The number of nitrogens with zero attached hydrogens (tertiary/aromatic N) is 4. The summed E-state index contributed by atoms with van der Waals surface area (Å²) in [6.07, 6.45) is -0.418. The normalized spacial score (nSPS) is 23.4. The molecule has 0 saturated carbocycles. The third kappa shape index (κ3) is 3.67. The van der Waals surface area contributed by atoms with E-state index in [9.17, 15) is 15.3 Å². The van der Waals surface area contributed by atoms with Gasteiger partial charge in [0.05, 0.1) is 19.5 Å². The standard InChI is InChI=1S/C20H21IN6O5/c21-10-1-2-12-11(5-10)9(6-23-12)3-4-31-20-25-17(22)14-18(26-20)27(8-24-14)19-16(30)15(29)13(7-28)32-19/h1-2,5-6,8,13,15-16,19,23,28-30H,3-4,7H2,(H2,22,25,26). The molecule has 1 aliphatic heterocycles. The number of aliphatic hydroxyl groups is 3. The second kappa shape index (κ2) is 8.44. The smallest absolute Gasteiger partial charge is 0.320 e. The summed E-state index contributed by atoms with van der Waals surface area (Å²) in [5.74, 6) is 0.122. The van der Waals surface area contributed by atoms with Gasteiger partial charge in [0.25, 0.3) is 0 Å². The van der Waals surface area contributed by atoms with Gasteiger partial charge < -0.3 is 35.5 Å². The second-order valence-corrected chi connectivity index (χ2v) is 8.79. The van der Waals surface area contributed by atoms with Crippen LogP contribution in [0.5, 0.6) is 6.01 Å². The minimum atomic E-state index is -1.27. The van der Waals surface area contributed by atoms with Gasteiger partial charge in [0.1, 0.15) is 18.3 Å². The maximum absolute atomic E-state index is 10.3. The van der Waals surface area contributed by atoms with E-state index < -0.39 is 31.1 Å². The molecule has 5 rings (SSSR count). The van der Waals surface area contributed by atoms with Gasteiger partial charge in [-0.3, -0.25) is 4.57 Å². The fourth-order valence-electron chi connectivity index (χ4n) is 3.89. The largest absolute Gasteiger partial charge is 0.463 e. The number of imidazole rings is 1. The predicted octanol–water partition coefficient (Wildman–Crippen LogP) is 0.727. The molecule has 0 amide bonds. The molecule has 4 aromatic rings. The summed E-state index contributed by atoms with van der Waals surface area (Å²) < 4.78 is 13.9. The van der Waals surface area contributed by atoms with E-state index >= 15 is 0 Å². The molecule has 0 aliphatic carbocycles. The van der Waals surface area contributed by atoms with Gasteiger partial charge in [-0.15, -0.1) is 0 Å². The zero-order valence-corrected chi connectivity index (χ0v) is 18.9. The van der Waals surface area contributed by atoms with Crippen molar-refractivity contribution in [3.8, 4) is 6.01 Å². The van der Waals surface area contributed by atoms with E-state index in [-0.39, 0.29) is 11.8 Å². The van der Waals surface area contributed by atoms with Crippen molar-refractivity contribution >= 4 is 50.5 Å². The zero-order chi connectivity index (χ0) is 22.4. The zero-order valence-electron chi connectivity index (χ0n) is 16.7. The van der Waals surface area contributed by atoms with Gasteiger partial charge in [-0.1, -0.05) is 0 Å². The molecule has 0 radical (unpaired) electrons. The number of hydrogen-bond acceptors (Lipinski definition) is 9. The Morgan fingerprint density at radius 2 is 2.09 bits per heavy atom. The molecule has 1 saturated heterocycles. The van der Waals surface area contributed by atoms with Crippen molar-refractivity contribution < 1.29 is 24.8 Å². The number of benzene rings is 1. The van der Waals surface area contributed by atoms with Gasteiger partial charge in [0, 0.05) is 27.1 Å². The summed E-state index contributed by atoms with van der Waals surface area (Å²) in [7, 11) is 0. The molecule has 168 valence electrons. The number of hydrogen-bond donors (Lipinski definition) is 5. The molecular formula is C20H21IN6O5. The molecule has 3 aromatic heterocycles. The third-order valence-electron chi connectivity index (χ3n) is 5.55. The highest BCUT2D eigenvalue weighted by Gasteiger charge is 2.44. The summed E-state index contributed by atoms with van der Waals surface area (Å²) in [5.41, 5.74) is 8.83. The number of aromatic amines is 1. The highest BCUT2D eigenvalue weighted by atomic mass is 127. The van der Waals surface area contributed by atoms with Crippen molar-refractivity contribution in [1.29, 1.82) is 0 Å². The van der Waals surface area contributed by atoms with Crippen LogP contribution in [-0.2, 0) is 11.2 Å². The summed E-state index contributed by atoms with van der Waals surface area (Å²) in [6, 6.07) is 6.26. The SMILES string of the molecule is Nc1nc(OCCc2c[nH]c3ccc(I)cc23)nc2c1ncn2C1OC(CO)C(O)C1O. The molecule has 0 bridgehead atoms. The minimum absolute atomic E-state index is 0.0675. The summed E-state index contributed by atoms with van der Waals surface area (Å²) in [5, 5.41) is 30.9. The number of rotatable bonds is 6. The third-order valence-corrected chi connectivity index (χ3v) is 6.22. The number of nitrogens with two attached hydrogens (primary N) is 1. The van der Waals surface area contributed by atoms with Crippen molar-refractivity contribution in [2.24, 2.45) is 0 Å². The van der Waals surface area contributed by atoms with Gasteiger partial charge in [-0.2, -0.15) is 9.97 Å². The quantitative estimate of drug-likeness (QED) is 0.217. The minimum Gasteiger partial charge on any atom is -0.463 e. The number of fused-ring (bicyclic) bond motifs is 2. The molecule has 1 aliphatic rings. The maximum Gasteiger partial charge on any atom is 0.320 e. The van der Waals surface area contributed by atoms with E-state index in [1.54, 1.807) is 0 Å². The van der Waals surface area contributed by atoms with Gasteiger partial charge in [-0.05, 0) is 46.4 Å². The van der Waals surface area contributed by atoms with Crippen molar-refractivity contribution in [2.75, 3.05) is 18.9 Å². The molecule has 0 spiro atoms. The number of nitrogens with one attached hydrogen (secondary N) is 1. The second-order valence-electron chi connectivity index (χ2n) is 7.55. The van der Waals surface area contributed by atoms with Crippen LogP contribution in [0.25, 0.3) is 22.1 Å². The number of ether oxygens (including phenoxy) is 2. The van der Waals surface area contributed by atoms with E-state index in [1.807, 2.05) is 18.3 Å². The number of anilines is 1. The van der Waals surface area contributed by atoms with Gasteiger partial charge >= 0.3 is 6.01 Å². The van der Waals surface area contributed by atoms with Crippen molar-refractivity contribution in [1.82, 2.24) is 24.5 Å². The summed E-state index contributed by atoms with van der Waals surface area (Å²) >= 11 is 2.28. The van der Waals surface area contributed by atoms with Crippen LogP contribution < -0.4 is 10.5 Å². The molecule has 11 nitrogen and oxygen atoms in total. The number of H-pyrrole nitrogens is 1. The number of aliphatic hydroxyl groups excluding tert-OH is 3. The van der Waals surface area contributed by atoms with E-state index in [1.165, 1.54) is 10.9 Å². The fraction of sp³-hybridized carbons (Fsp3) is 0.350. The van der Waals surface area contributed by atoms with Gasteiger partial charge in [0.2, 0.25) is 0 Å². The van der Waals surface area contributed by atoms with Crippen molar-refractivity contribution in [3.63, 3.8) is 0 Å². The molecular weight excluding hydrogens is 531 g/mol. The lowest BCUT2D eigenvalue weighted by atomic mass is 10.1. The predicted molar refractivity (Wildman–Crippen MR) is 123 cm³/mol. The van der Waals surface area contributed by atoms with Crippen LogP contribution in [0.1, 0.15) is 11.8 Å². The first-order chi connectivity index (χ1) is 15.5. The Morgan fingerprint density at radius 1 is 1.25 bits per heavy atom. The molecule has 4 unspecified atom stereocenters. The molecule has 1 fully saturated rings. The molecule has 1 aromatic carbocycles. The Morgan fingerprint density at radius 3 is 2.88 bits per heavy atom. The van der Waals surface area contributed by atoms with Crippen LogP contribution in [0.15, 0.2) is 30.7 Å². The van der Waals surface area contributed by atoms with Gasteiger partial charge in [0.15, 0.2) is 23.2 Å².